The Morgan fingerprint density at radius 1 is 1.20 bits per heavy atom. The van der Waals surface area contributed by atoms with Crippen LogP contribution in [-0.4, -0.2) is 29.4 Å². The molecule has 0 bridgehead atoms. The number of amides is 1. The smallest absolute Gasteiger partial charge is 0.416 e. The molecule has 1 N–H and O–H groups in total. The van der Waals surface area contributed by atoms with Crippen LogP contribution in [0.15, 0.2) is 47.0 Å². The van der Waals surface area contributed by atoms with Gasteiger partial charge >= 0.3 is 12.3 Å². The summed E-state index contributed by atoms with van der Waals surface area (Å²) in [6.45, 7) is 2.86. The van der Waals surface area contributed by atoms with E-state index in [2.05, 4.69) is 15.5 Å². The first-order valence-corrected chi connectivity index (χ1v) is 9.11. The minimum Gasteiger partial charge on any atom is -0.447 e. The van der Waals surface area contributed by atoms with E-state index in [1.165, 1.54) is 12.1 Å². The summed E-state index contributed by atoms with van der Waals surface area (Å²) >= 11 is 0. The number of rotatable bonds is 5. The monoisotopic (exact) mass is 418 g/mol. The average molecular weight is 418 g/mol. The highest BCUT2D eigenvalue weighted by Crippen LogP contribution is 2.32. The number of carbonyl (C=O) groups is 1. The zero-order chi connectivity index (χ0) is 21.3. The lowest BCUT2D eigenvalue weighted by atomic mass is 10.1. The molecular formula is C20H17F3N4O3. The number of carbonyl (C=O) groups excluding carboxylic acids is 1. The number of nitrogens with zero attached hydrogens (tertiary/aromatic N) is 3. The number of hydrogen-bond acceptors (Lipinski definition) is 6. The number of aromatic nitrogens is 2. The highest BCUT2D eigenvalue weighted by Gasteiger charge is 2.31. The van der Waals surface area contributed by atoms with Crippen LogP contribution in [0.25, 0.3) is 11.4 Å². The van der Waals surface area contributed by atoms with E-state index in [0.29, 0.717) is 13.2 Å². The molecule has 1 aliphatic heterocycles. The molecule has 3 aromatic rings. The van der Waals surface area contributed by atoms with E-state index in [1.54, 1.807) is 11.0 Å². The third-order valence-corrected chi connectivity index (χ3v) is 4.70. The highest BCUT2D eigenvalue weighted by atomic mass is 19.4. The second-order valence-corrected chi connectivity index (χ2v) is 6.66. The molecular weight excluding hydrogens is 401 g/mol. The fourth-order valence-electron chi connectivity index (χ4n) is 3.17. The van der Waals surface area contributed by atoms with E-state index in [0.717, 1.165) is 29.1 Å². The molecule has 0 aliphatic carbocycles. The first-order valence-electron chi connectivity index (χ1n) is 9.11. The fourth-order valence-corrected chi connectivity index (χ4v) is 3.17. The third-order valence-electron chi connectivity index (χ3n) is 4.70. The number of nitrogens with one attached hydrogen (secondary N) is 1. The van der Waals surface area contributed by atoms with Crippen molar-refractivity contribution in [1.29, 1.82) is 0 Å². The van der Waals surface area contributed by atoms with Crippen LogP contribution in [0.3, 0.4) is 0 Å². The predicted molar refractivity (Wildman–Crippen MR) is 102 cm³/mol. The Hall–Kier alpha value is -3.56. The van der Waals surface area contributed by atoms with Gasteiger partial charge in [0.15, 0.2) is 0 Å². The summed E-state index contributed by atoms with van der Waals surface area (Å²) < 4.78 is 48.8. The Morgan fingerprint density at radius 3 is 2.73 bits per heavy atom. The van der Waals surface area contributed by atoms with E-state index in [-0.39, 0.29) is 23.8 Å². The Bertz CT molecular complexity index is 1080. The summed E-state index contributed by atoms with van der Waals surface area (Å²) in [4.78, 5) is 17.5. The van der Waals surface area contributed by atoms with E-state index < -0.39 is 17.8 Å². The topological polar surface area (TPSA) is 80.5 Å². The zero-order valence-electron chi connectivity index (χ0n) is 15.9. The van der Waals surface area contributed by atoms with Crippen LogP contribution in [-0.2, 0) is 17.5 Å². The van der Waals surface area contributed by atoms with Crippen LogP contribution in [0.4, 0.5) is 29.3 Å². The quantitative estimate of drug-likeness (QED) is 0.651. The molecule has 4 rings (SSSR count). The van der Waals surface area contributed by atoms with Crippen molar-refractivity contribution in [2.24, 2.45) is 0 Å². The van der Waals surface area contributed by atoms with E-state index in [1.807, 2.05) is 19.1 Å². The summed E-state index contributed by atoms with van der Waals surface area (Å²) in [6, 6.07) is 10.2. The van der Waals surface area contributed by atoms with Gasteiger partial charge in [-0.05, 0) is 36.8 Å². The second kappa shape index (κ2) is 7.69. The van der Waals surface area contributed by atoms with E-state index in [9.17, 15) is 18.0 Å². The maximum atomic E-state index is 12.9. The van der Waals surface area contributed by atoms with E-state index >= 15 is 0 Å². The van der Waals surface area contributed by atoms with E-state index in [4.69, 9.17) is 9.26 Å². The van der Waals surface area contributed by atoms with Crippen molar-refractivity contribution < 1.29 is 27.2 Å². The molecule has 1 aliphatic rings. The molecule has 0 spiro atoms. The molecule has 0 saturated carbocycles. The molecule has 1 fully saturated rings. The number of alkyl halides is 3. The number of benzene rings is 2. The molecule has 2 aromatic carbocycles. The SMILES string of the molecule is Cc1c(NCc2nc(-c3cccc(C(F)(F)F)c3)no2)cccc1N1CCOC1=O. The standard InChI is InChI=1S/C20H17F3N4O3/c1-12-15(6-3-7-16(12)27-8-9-29-19(27)28)24-11-17-25-18(26-30-17)13-4-2-5-14(10-13)20(21,22)23/h2-7,10,24H,8-9,11H2,1H3. The first kappa shape index (κ1) is 19.7. The number of anilines is 2. The molecule has 0 radical (unpaired) electrons. The molecule has 30 heavy (non-hydrogen) atoms. The van der Waals surface area contributed by atoms with Gasteiger partial charge in [0.2, 0.25) is 11.7 Å². The summed E-state index contributed by atoms with van der Waals surface area (Å²) in [5, 5.41) is 6.93. The molecule has 10 heteroatoms. The van der Waals surface area contributed by atoms with Gasteiger partial charge in [-0.15, -0.1) is 0 Å². The number of halogens is 3. The Morgan fingerprint density at radius 2 is 2.00 bits per heavy atom. The van der Waals surface area contributed by atoms with Crippen molar-refractivity contribution in [2.45, 2.75) is 19.6 Å². The number of cyclic esters (lactones) is 1. The van der Waals surface area contributed by atoms with Gasteiger partial charge in [-0.3, -0.25) is 4.90 Å². The van der Waals surface area contributed by atoms with Gasteiger partial charge in [-0.1, -0.05) is 23.4 Å². The lowest BCUT2D eigenvalue weighted by Gasteiger charge is -2.18. The molecule has 2 heterocycles. The Balaban J connectivity index is 1.49. The van der Waals surface area contributed by atoms with Crippen LogP contribution in [0.1, 0.15) is 17.0 Å². The van der Waals surface area contributed by atoms with Gasteiger partial charge in [0.05, 0.1) is 24.3 Å². The lowest BCUT2D eigenvalue weighted by Crippen LogP contribution is -2.24. The van der Waals surface area contributed by atoms with Crippen LogP contribution >= 0.6 is 0 Å². The van der Waals surface area contributed by atoms with Crippen molar-refractivity contribution in [3.63, 3.8) is 0 Å². The number of ether oxygens (including phenoxy) is 1. The van der Waals surface area contributed by atoms with Gasteiger partial charge in [0.1, 0.15) is 6.61 Å². The fraction of sp³-hybridized carbons (Fsp3) is 0.250. The van der Waals surface area contributed by atoms with Crippen molar-refractivity contribution in [1.82, 2.24) is 10.1 Å². The summed E-state index contributed by atoms with van der Waals surface area (Å²) in [5.74, 6) is 0.288. The van der Waals surface area contributed by atoms with Crippen molar-refractivity contribution >= 4 is 17.5 Å². The first-order chi connectivity index (χ1) is 14.3. The molecule has 0 unspecified atom stereocenters. The summed E-state index contributed by atoms with van der Waals surface area (Å²) in [5.41, 5.74) is 1.76. The van der Waals surface area contributed by atoms with Crippen LogP contribution in [0.5, 0.6) is 0 Å². The minimum atomic E-state index is -4.45. The molecule has 1 amide bonds. The molecule has 7 nitrogen and oxygen atoms in total. The summed E-state index contributed by atoms with van der Waals surface area (Å²) in [7, 11) is 0. The van der Waals surface area contributed by atoms with Crippen LogP contribution in [0.2, 0.25) is 0 Å². The van der Waals surface area contributed by atoms with Gasteiger partial charge < -0.3 is 14.6 Å². The van der Waals surface area contributed by atoms with Gasteiger partial charge in [0, 0.05) is 11.3 Å². The lowest BCUT2D eigenvalue weighted by molar-refractivity contribution is -0.137. The predicted octanol–water partition coefficient (Wildman–Crippen LogP) is 4.63. The summed E-state index contributed by atoms with van der Waals surface area (Å²) in [6.07, 6.45) is -4.84. The van der Waals surface area contributed by atoms with Gasteiger partial charge in [0.25, 0.3) is 0 Å². The van der Waals surface area contributed by atoms with Gasteiger partial charge in [-0.25, -0.2) is 4.79 Å². The largest absolute Gasteiger partial charge is 0.447 e. The van der Waals surface area contributed by atoms with Crippen molar-refractivity contribution in [3.05, 3.63) is 59.5 Å². The zero-order valence-corrected chi connectivity index (χ0v) is 15.9. The Labute approximate surface area is 169 Å². The normalized spacial score (nSPS) is 14.1. The van der Waals surface area contributed by atoms with Gasteiger partial charge in [-0.2, -0.15) is 18.2 Å². The maximum absolute atomic E-state index is 12.9. The van der Waals surface area contributed by atoms with Crippen LogP contribution in [0, 0.1) is 6.92 Å². The molecule has 156 valence electrons. The van der Waals surface area contributed by atoms with Crippen molar-refractivity contribution in [2.75, 3.05) is 23.4 Å². The molecule has 1 saturated heterocycles. The highest BCUT2D eigenvalue weighted by molar-refractivity contribution is 5.91. The van der Waals surface area contributed by atoms with Crippen LogP contribution < -0.4 is 10.2 Å². The molecule has 0 atom stereocenters. The second-order valence-electron chi connectivity index (χ2n) is 6.66. The third kappa shape index (κ3) is 3.93. The minimum absolute atomic E-state index is 0.0724. The maximum Gasteiger partial charge on any atom is 0.416 e. The van der Waals surface area contributed by atoms with Crippen molar-refractivity contribution in [3.8, 4) is 11.4 Å². The Kier molecular flexibility index (Phi) is 5.06. The average Bonchev–Trinajstić information content (AvgIpc) is 3.36. The number of hydrogen-bond donors (Lipinski definition) is 1. The molecule has 1 aromatic heterocycles.